The van der Waals surface area contributed by atoms with Gasteiger partial charge in [-0.1, -0.05) is 0 Å². The van der Waals surface area contributed by atoms with Crippen LogP contribution in [0.5, 0.6) is 0 Å². The first-order chi connectivity index (χ1) is 6.11. The average Bonchev–Trinajstić information content (AvgIpc) is 2.44. The van der Waals surface area contributed by atoms with Gasteiger partial charge in [-0.05, 0) is 13.8 Å². The summed E-state index contributed by atoms with van der Waals surface area (Å²) in [6.45, 7) is 4.43. The quantitative estimate of drug-likeness (QED) is 0.612. The van der Waals surface area contributed by atoms with Crippen LogP contribution in [0.25, 0.3) is 0 Å². The van der Waals surface area contributed by atoms with Crippen molar-refractivity contribution >= 4 is 0 Å². The molecule has 2 fully saturated rings. The summed E-state index contributed by atoms with van der Waals surface area (Å²) < 4.78 is 21.8. The Kier molecular flexibility index (Phi) is 2.32. The maximum Gasteiger partial charge on any atom is 0.163 e. The van der Waals surface area contributed by atoms with Crippen LogP contribution in [-0.2, 0) is 18.9 Å². The third-order valence-corrected chi connectivity index (χ3v) is 2.46. The lowest BCUT2D eigenvalue weighted by Crippen LogP contribution is -2.46. The van der Waals surface area contributed by atoms with Gasteiger partial charge in [0, 0.05) is 13.5 Å². The van der Waals surface area contributed by atoms with E-state index in [0.717, 1.165) is 6.42 Å². The molecule has 4 nitrogen and oxygen atoms in total. The molecule has 4 heteroatoms. The highest BCUT2D eigenvalue weighted by atomic mass is 16.8. The molecular weight excluding hydrogens is 172 g/mol. The molecule has 0 aromatic rings. The van der Waals surface area contributed by atoms with E-state index in [4.69, 9.17) is 18.9 Å². The first-order valence-electron chi connectivity index (χ1n) is 4.61. The van der Waals surface area contributed by atoms with Crippen LogP contribution in [0, 0.1) is 0 Å². The molecule has 0 N–H and O–H groups in total. The molecule has 0 spiro atoms. The van der Waals surface area contributed by atoms with Crippen molar-refractivity contribution in [1.29, 1.82) is 0 Å². The summed E-state index contributed by atoms with van der Waals surface area (Å²) in [6.07, 6.45) is 0.827. The van der Waals surface area contributed by atoms with Crippen molar-refractivity contribution in [3.63, 3.8) is 0 Å². The van der Waals surface area contributed by atoms with Gasteiger partial charge in [-0.2, -0.15) is 0 Å². The third kappa shape index (κ3) is 1.86. The van der Waals surface area contributed by atoms with Gasteiger partial charge in [0.1, 0.15) is 6.10 Å². The highest BCUT2D eigenvalue weighted by Gasteiger charge is 2.44. The fraction of sp³-hybridized carbons (Fsp3) is 1.00. The Hall–Kier alpha value is -0.160. The SMILES string of the molecule is CO[C@@H]1C[C@@H]2OC(C)(C)OC[C@H]2O1. The predicted molar refractivity (Wildman–Crippen MR) is 45.2 cm³/mol. The molecular formula is C9H16O4. The number of ether oxygens (including phenoxy) is 4. The van der Waals surface area contributed by atoms with Crippen molar-refractivity contribution in [2.75, 3.05) is 13.7 Å². The number of hydrogen-bond acceptors (Lipinski definition) is 4. The van der Waals surface area contributed by atoms with E-state index in [9.17, 15) is 0 Å². The lowest BCUT2D eigenvalue weighted by Gasteiger charge is -2.36. The van der Waals surface area contributed by atoms with E-state index in [2.05, 4.69) is 0 Å². The molecule has 0 radical (unpaired) electrons. The van der Waals surface area contributed by atoms with Gasteiger partial charge in [-0.15, -0.1) is 0 Å². The summed E-state index contributed by atoms with van der Waals surface area (Å²) in [4.78, 5) is 0. The maximum atomic E-state index is 5.70. The van der Waals surface area contributed by atoms with Crippen LogP contribution in [-0.4, -0.2) is 38.0 Å². The topological polar surface area (TPSA) is 36.9 Å². The first-order valence-corrected chi connectivity index (χ1v) is 4.61. The summed E-state index contributed by atoms with van der Waals surface area (Å²) >= 11 is 0. The maximum absolute atomic E-state index is 5.70. The van der Waals surface area contributed by atoms with Crippen molar-refractivity contribution in [2.24, 2.45) is 0 Å². The summed E-state index contributed by atoms with van der Waals surface area (Å²) in [5.41, 5.74) is 0. The van der Waals surface area contributed by atoms with Gasteiger partial charge in [-0.3, -0.25) is 0 Å². The van der Waals surface area contributed by atoms with Gasteiger partial charge in [0.15, 0.2) is 12.1 Å². The third-order valence-electron chi connectivity index (χ3n) is 2.46. The summed E-state index contributed by atoms with van der Waals surface area (Å²) in [5, 5.41) is 0. The minimum absolute atomic E-state index is 0.0398. The number of rotatable bonds is 1. The van der Waals surface area contributed by atoms with Crippen molar-refractivity contribution in [2.45, 2.75) is 44.6 Å². The molecule has 2 heterocycles. The average molecular weight is 188 g/mol. The van der Waals surface area contributed by atoms with Gasteiger partial charge < -0.3 is 18.9 Å². The Morgan fingerprint density at radius 2 is 2.08 bits per heavy atom. The molecule has 13 heavy (non-hydrogen) atoms. The molecule has 0 bridgehead atoms. The van der Waals surface area contributed by atoms with Gasteiger partial charge in [0.25, 0.3) is 0 Å². The zero-order valence-electron chi connectivity index (χ0n) is 8.28. The van der Waals surface area contributed by atoms with Crippen LogP contribution in [0.15, 0.2) is 0 Å². The minimum atomic E-state index is -0.479. The lowest BCUT2D eigenvalue weighted by molar-refractivity contribution is -0.295. The number of methoxy groups -OCH3 is 1. The van der Waals surface area contributed by atoms with Gasteiger partial charge in [0.2, 0.25) is 0 Å². The molecule has 3 atom stereocenters. The van der Waals surface area contributed by atoms with E-state index in [1.807, 2.05) is 13.8 Å². The Balaban J connectivity index is 1.98. The smallest absolute Gasteiger partial charge is 0.163 e. The highest BCUT2D eigenvalue weighted by molar-refractivity contribution is 4.84. The molecule has 0 aromatic carbocycles. The standard InChI is InChI=1S/C9H16O4/c1-9(2)11-5-7-6(13-9)4-8(10-3)12-7/h6-8H,4-5H2,1-3H3/t6-,7+,8-/m0/s1. The molecule has 76 valence electrons. The van der Waals surface area contributed by atoms with E-state index in [1.54, 1.807) is 7.11 Å². The monoisotopic (exact) mass is 188 g/mol. The largest absolute Gasteiger partial charge is 0.356 e. The van der Waals surface area contributed by atoms with E-state index >= 15 is 0 Å². The molecule has 0 unspecified atom stereocenters. The Morgan fingerprint density at radius 3 is 2.77 bits per heavy atom. The van der Waals surface area contributed by atoms with Crippen LogP contribution in [0.4, 0.5) is 0 Å². The van der Waals surface area contributed by atoms with E-state index in [-0.39, 0.29) is 18.5 Å². The number of hydrogen-bond donors (Lipinski definition) is 0. The van der Waals surface area contributed by atoms with Crippen LogP contribution in [0.2, 0.25) is 0 Å². The zero-order chi connectivity index (χ0) is 9.47. The second kappa shape index (κ2) is 3.20. The second-order valence-corrected chi connectivity index (χ2v) is 3.94. The van der Waals surface area contributed by atoms with E-state index in [0.29, 0.717) is 6.61 Å². The summed E-state index contributed by atoms with van der Waals surface area (Å²) in [5.74, 6) is -0.479. The molecule has 0 aromatic heterocycles. The molecule has 2 aliphatic heterocycles. The minimum Gasteiger partial charge on any atom is -0.356 e. The van der Waals surface area contributed by atoms with Crippen molar-refractivity contribution in [3.05, 3.63) is 0 Å². The van der Waals surface area contributed by atoms with Gasteiger partial charge >= 0.3 is 0 Å². The van der Waals surface area contributed by atoms with Crippen molar-refractivity contribution in [3.8, 4) is 0 Å². The fourth-order valence-corrected chi connectivity index (χ4v) is 1.78. The zero-order valence-corrected chi connectivity index (χ0v) is 8.28. The van der Waals surface area contributed by atoms with Crippen LogP contribution >= 0.6 is 0 Å². The lowest BCUT2D eigenvalue weighted by atomic mass is 10.1. The number of fused-ring (bicyclic) bond motifs is 1. The Morgan fingerprint density at radius 1 is 1.31 bits per heavy atom. The normalized spacial score (nSPS) is 43.2. The summed E-state index contributed by atoms with van der Waals surface area (Å²) in [7, 11) is 1.65. The predicted octanol–water partition coefficient (Wildman–Crippen LogP) is 0.899. The van der Waals surface area contributed by atoms with Gasteiger partial charge in [0.05, 0.1) is 12.7 Å². The van der Waals surface area contributed by atoms with Crippen molar-refractivity contribution in [1.82, 2.24) is 0 Å². The van der Waals surface area contributed by atoms with Crippen LogP contribution in [0.3, 0.4) is 0 Å². The van der Waals surface area contributed by atoms with Crippen LogP contribution in [0.1, 0.15) is 20.3 Å². The first kappa shape index (κ1) is 9.40. The second-order valence-electron chi connectivity index (χ2n) is 3.94. The molecule has 0 saturated carbocycles. The molecule has 2 saturated heterocycles. The molecule has 0 amide bonds. The Labute approximate surface area is 78.1 Å². The van der Waals surface area contributed by atoms with Crippen molar-refractivity contribution < 1.29 is 18.9 Å². The Bertz CT molecular complexity index is 192. The molecule has 2 aliphatic rings. The van der Waals surface area contributed by atoms with Crippen LogP contribution < -0.4 is 0 Å². The summed E-state index contributed by atoms with van der Waals surface area (Å²) in [6, 6.07) is 0. The molecule has 2 rings (SSSR count). The fourth-order valence-electron chi connectivity index (χ4n) is 1.78. The van der Waals surface area contributed by atoms with E-state index < -0.39 is 5.79 Å². The highest BCUT2D eigenvalue weighted by Crippen LogP contribution is 2.32. The molecule has 0 aliphatic carbocycles. The van der Waals surface area contributed by atoms with E-state index in [1.165, 1.54) is 0 Å². The van der Waals surface area contributed by atoms with Gasteiger partial charge in [-0.25, -0.2) is 0 Å².